The molecule has 1 atom stereocenters. The SMILES string of the molecule is CN1CCN(C)C(CNS(=O)(=O)c2c(Br)nnn2C)C1. The second-order valence-electron chi connectivity index (χ2n) is 5.06. The predicted octanol–water partition coefficient (Wildman–Crippen LogP) is -0.898. The zero-order chi connectivity index (χ0) is 14.9. The third kappa shape index (κ3) is 3.37. The molecule has 20 heavy (non-hydrogen) atoms. The van der Waals surface area contributed by atoms with E-state index >= 15 is 0 Å². The fourth-order valence-corrected chi connectivity index (χ4v) is 4.37. The molecule has 1 aliphatic heterocycles. The van der Waals surface area contributed by atoms with Crippen LogP contribution in [0, 0.1) is 0 Å². The molecule has 0 amide bonds. The summed E-state index contributed by atoms with van der Waals surface area (Å²) in [5, 5.41) is 7.43. The van der Waals surface area contributed by atoms with Gasteiger partial charge in [0.15, 0.2) is 4.60 Å². The molecule has 1 saturated heterocycles. The molecule has 0 aliphatic carbocycles. The minimum Gasteiger partial charge on any atom is -0.303 e. The van der Waals surface area contributed by atoms with Crippen molar-refractivity contribution < 1.29 is 8.42 Å². The molecule has 0 spiro atoms. The van der Waals surface area contributed by atoms with Crippen LogP contribution in [0.25, 0.3) is 0 Å². The summed E-state index contributed by atoms with van der Waals surface area (Å²) in [7, 11) is 1.97. The van der Waals surface area contributed by atoms with Gasteiger partial charge in [0.05, 0.1) is 0 Å². The van der Waals surface area contributed by atoms with Crippen molar-refractivity contribution in [3.05, 3.63) is 4.60 Å². The van der Waals surface area contributed by atoms with E-state index in [0.29, 0.717) is 6.54 Å². The predicted molar refractivity (Wildman–Crippen MR) is 77.8 cm³/mol. The number of hydrogen-bond acceptors (Lipinski definition) is 6. The first-order chi connectivity index (χ1) is 9.31. The van der Waals surface area contributed by atoms with Crippen LogP contribution in [0.15, 0.2) is 9.63 Å². The first-order valence-electron chi connectivity index (χ1n) is 6.25. The van der Waals surface area contributed by atoms with E-state index in [-0.39, 0.29) is 15.7 Å². The van der Waals surface area contributed by atoms with Crippen molar-refractivity contribution in [3.8, 4) is 0 Å². The van der Waals surface area contributed by atoms with Gasteiger partial charge in [0.2, 0.25) is 5.03 Å². The number of rotatable bonds is 4. The van der Waals surface area contributed by atoms with Crippen molar-refractivity contribution in [2.24, 2.45) is 7.05 Å². The lowest BCUT2D eigenvalue weighted by atomic mass is 10.2. The highest BCUT2D eigenvalue weighted by Crippen LogP contribution is 2.17. The Morgan fingerprint density at radius 3 is 2.65 bits per heavy atom. The highest BCUT2D eigenvalue weighted by atomic mass is 79.9. The molecule has 1 fully saturated rings. The molecule has 0 aromatic carbocycles. The molecule has 8 nitrogen and oxygen atoms in total. The largest absolute Gasteiger partial charge is 0.303 e. The minimum absolute atomic E-state index is 0.0457. The normalized spacial score (nSPS) is 22.3. The Morgan fingerprint density at radius 2 is 2.05 bits per heavy atom. The zero-order valence-corrected chi connectivity index (χ0v) is 14.1. The molecule has 1 N–H and O–H groups in total. The monoisotopic (exact) mass is 366 g/mol. The summed E-state index contributed by atoms with van der Waals surface area (Å²) in [6.45, 7) is 3.13. The number of nitrogens with one attached hydrogen (secondary N) is 1. The van der Waals surface area contributed by atoms with E-state index in [4.69, 9.17) is 0 Å². The lowest BCUT2D eigenvalue weighted by Gasteiger charge is -2.37. The van der Waals surface area contributed by atoms with Crippen LogP contribution in [0.5, 0.6) is 0 Å². The third-order valence-corrected chi connectivity index (χ3v) is 5.79. The van der Waals surface area contributed by atoms with E-state index in [9.17, 15) is 8.42 Å². The molecule has 2 rings (SSSR count). The lowest BCUT2D eigenvalue weighted by Crippen LogP contribution is -2.54. The van der Waals surface area contributed by atoms with E-state index in [1.165, 1.54) is 4.68 Å². The van der Waals surface area contributed by atoms with Gasteiger partial charge in [0.1, 0.15) is 0 Å². The van der Waals surface area contributed by atoms with Gasteiger partial charge in [-0.3, -0.25) is 4.90 Å². The maximum atomic E-state index is 12.3. The first-order valence-corrected chi connectivity index (χ1v) is 8.52. The molecule has 1 unspecified atom stereocenters. The highest BCUT2D eigenvalue weighted by Gasteiger charge is 2.27. The van der Waals surface area contributed by atoms with Gasteiger partial charge >= 0.3 is 0 Å². The quantitative estimate of drug-likeness (QED) is 0.743. The molecule has 1 aromatic heterocycles. The molecule has 114 valence electrons. The summed E-state index contributed by atoms with van der Waals surface area (Å²) >= 11 is 3.11. The number of halogens is 1. The number of aromatic nitrogens is 3. The van der Waals surface area contributed by atoms with Gasteiger partial charge in [-0.05, 0) is 30.0 Å². The summed E-state index contributed by atoms with van der Waals surface area (Å²) in [5.74, 6) is 0. The molecule has 0 radical (unpaired) electrons. The number of aryl methyl sites for hydroxylation is 1. The summed E-state index contributed by atoms with van der Waals surface area (Å²) < 4.78 is 28.7. The molecule has 0 saturated carbocycles. The highest BCUT2D eigenvalue weighted by molar-refractivity contribution is 9.10. The van der Waals surface area contributed by atoms with Crippen molar-refractivity contribution >= 4 is 26.0 Å². The van der Waals surface area contributed by atoms with Gasteiger partial charge in [0.25, 0.3) is 10.0 Å². The van der Waals surface area contributed by atoms with Gasteiger partial charge in [-0.1, -0.05) is 5.21 Å². The van der Waals surface area contributed by atoms with Gasteiger partial charge < -0.3 is 4.90 Å². The maximum Gasteiger partial charge on any atom is 0.260 e. The molecule has 2 heterocycles. The summed E-state index contributed by atoms with van der Waals surface area (Å²) in [6, 6.07) is 0.156. The molecule has 1 aliphatic rings. The Balaban J connectivity index is 2.06. The third-order valence-electron chi connectivity index (χ3n) is 3.48. The van der Waals surface area contributed by atoms with Crippen LogP contribution < -0.4 is 4.72 Å². The summed E-state index contributed by atoms with van der Waals surface area (Å²) in [6.07, 6.45) is 0. The Kier molecular flexibility index (Phi) is 4.80. The number of likely N-dealkylation sites (N-methyl/N-ethyl adjacent to an activating group) is 2. The lowest BCUT2D eigenvalue weighted by molar-refractivity contribution is 0.117. The standard InChI is InChI=1S/C10H19BrN6O2S/c1-15-4-5-16(2)8(7-15)6-12-20(18,19)10-9(11)13-14-17(10)3/h8,12H,4-7H2,1-3H3. The zero-order valence-electron chi connectivity index (χ0n) is 11.7. The van der Waals surface area contributed by atoms with E-state index in [2.05, 4.69) is 40.8 Å². The Morgan fingerprint density at radius 1 is 1.35 bits per heavy atom. The molecule has 0 bridgehead atoms. The van der Waals surface area contributed by atoms with Crippen LogP contribution in [0.1, 0.15) is 0 Å². The second-order valence-corrected chi connectivity index (χ2v) is 7.49. The van der Waals surface area contributed by atoms with Gasteiger partial charge in [0, 0.05) is 39.3 Å². The summed E-state index contributed by atoms with van der Waals surface area (Å²) in [5.41, 5.74) is 0. The fourth-order valence-electron chi connectivity index (χ4n) is 2.20. The van der Waals surface area contributed by atoms with Gasteiger partial charge in [-0.15, -0.1) is 5.10 Å². The smallest absolute Gasteiger partial charge is 0.260 e. The van der Waals surface area contributed by atoms with Crippen LogP contribution in [-0.2, 0) is 17.1 Å². The van der Waals surface area contributed by atoms with Crippen molar-refractivity contribution in [2.75, 3.05) is 40.3 Å². The number of hydrogen-bond donors (Lipinski definition) is 1. The number of nitrogens with zero attached hydrogens (tertiary/aromatic N) is 5. The number of piperazine rings is 1. The van der Waals surface area contributed by atoms with Crippen LogP contribution in [-0.4, -0.2) is 79.5 Å². The molecular formula is C10H19BrN6O2S. The molecular weight excluding hydrogens is 348 g/mol. The Hall–Kier alpha value is -0.550. The topological polar surface area (TPSA) is 83.4 Å². The van der Waals surface area contributed by atoms with Crippen LogP contribution in [0.2, 0.25) is 0 Å². The fraction of sp³-hybridized carbons (Fsp3) is 0.800. The minimum atomic E-state index is -3.62. The van der Waals surface area contributed by atoms with Crippen molar-refractivity contribution in [1.82, 2.24) is 29.5 Å². The van der Waals surface area contributed by atoms with Gasteiger partial charge in [-0.25, -0.2) is 17.8 Å². The van der Waals surface area contributed by atoms with Crippen molar-refractivity contribution in [2.45, 2.75) is 11.1 Å². The van der Waals surface area contributed by atoms with Crippen LogP contribution in [0.4, 0.5) is 0 Å². The van der Waals surface area contributed by atoms with E-state index in [1.54, 1.807) is 7.05 Å². The maximum absolute atomic E-state index is 12.3. The van der Waals surface area contributed by atoms with Crippen LogP contribution in [0.3, 0.4) is 0 Å². The van der Waals surface area contributed by atoms with E-state index in [1.807, 2.05) is 14.1 Å². The van der Waals surface area contributed by atoms with Crippen LogP contribution >= 0.6 is 15.9 Å². The van der Waals surface area contributed by atoms with E-state index in [0.717, 1.165) is 19.6 Å². The molecule has 1 aromatic rings. The van der Waals surface area contributed by atoms with Crippen molar-refractivity contribution in [1.29, 1.82) is 0 Å². The first kappa shape index (κ1) is 15.8. The number of sulfonamides is 1. The van der Waals surface area contributed by atoms with E-state index < -0.39 is 10.0 Å². The average Bonchev–Trinajstić information content (AvgIpc) is 2.71. The molecule has 10 heteroatoms. The average molecular weight is 367 g/mol. The Bertz CT molecular complexity index is 555. The van der Waals surface area contributed by atoms with Gasteiger partial charge in [-0.2, -0.15) is 0 Å². The van der Waals surface area contributed by atoms with Crippen molar-refractivity contribution in [3.63, 3.8) is 0 Å². The summed E-state index contributed by atoms with van der Waals surface area (Å²) in [4.78, 5) is 4.36. The second kappa shape index (κ2) is 6.06. The Labute approximate surface area is 127 Å².